The molecule has 1 aliphatic heterocycles. The van der Waals surface area contributed by atoms with E-state index in [1.165, 1.54) is 0 Å². The molecule has 0 aromatic heterocycles. The maximum Gasteiger partial charge on any atom is 0.145 e. The summed E-state index contributed by atoms with van der Waals surface area (Å²) >= 11 is 0. The van der Waals surface area contributed by atoms with Crippen LogP contribution < -0.4 is 4.74 Å². The maximum atomic E-state index is 9.85. The van der Waals surface area contributed by atoms with Crippen LogP contribution in [0.25, 0.3) is 0 Å². The van der Waals surface area contributed by atoms with Crippen molar-refractivity contribution in [1.82, 2.24) is 0 Å². The van der Waals surface area contributed by atoms with Gasteiger partial charge in [-0.1, -0.05) is 18.6 Å². The SMILES string of the molecule is OC1CCCC1C1C=Nc2ccccc2O1. The van der Waals surface area contributed by atoms with Crippen molar-refractivity contribution >= 4 is 11.9 Å². The first-order valence-electron chi connectivity index (χ1n) is 5.82. The number of aliphatic imine (C=N–C) groups is 1. The minimum absolute atomic E-state index is 0.0626. The second kappa shape index (κ2) is 3.91. The number of rotatable bonds is 1. The van der Waals surface area contributed by atoms with Gasteiger partial charge in [0.15, 0.2) is 0 Å². The molecule has 3 unspecified atom stereocenters. The topological polar surface area (TPSA) is 41.8 Å². The lowest BCUT2D eigenvalue weighted by atomic mass is 9.98. The van der Waals surface area contributed by atoms with E-state index in [0.717, 1.165) is 30.7 Å². The van der Waals surface area contributed by atoms with Crippen LogP contribution in [0.5, 0.6) is 5.75 Å². The highest BCUT2D eigenvalue weighted by molar-refractivity contribution is 5.74. The summed E-state index contributed by atoms with van der Waals surface area (Å²) < 4.78 is 5.88. The van der Waals surface area contributed by atoms with Gasteiger partial charge in [0.2, 0.25) is 0 Å². The molecule has 0 bridgehead atoms. The van der Waals surface area contributed by atoms with E-state index in [1.54, 1.807) is 0 Å². The molecule has 0 amide bonds. The lowest BCUT2D eigenvalue weighted by molar-refractivity contribution is 0.0773. The largest absolute Gasteiger partial charge is 0.482 e. The van der Waals surface area contributed by atoms with Gasteiger partial charge in [-0.3, -0.25) is 4.99 Å². The van der Waals surface area contributed by atoms with Gasteiger partial charge in [0, 0.05) is 12.1 Å². The average molecular weight is 217 g/mol. The number of aliphatic hydroxyl groups excluding tert-OH is 1. The number of ether oxygens (including phenoxy) is 1. The summed E-state index contributed by atoms with van der Waals surface area (Å²) in [6.07, 6.45) is 4.54. The quantitative estimate of drug-likeness (QED) is 0.784. The molecule has 3 heteroatoms. The van der Waals surface area contributed by atoms with Crippen LogP contribution in [0.15, 0.2) is 29.3 Å². The number of fused-ring (bicyclic) bond motifs is 1. The summed E-state index contributed by atoms with van der Waals surface area (Å²) in [6, 6.07) is 7.76. The Hall–Kier alpha value is -1.35. The molecule has 3 atom stereocenters. The zero-order chi connectivity index (χ0) is 11.0. The highest BCUT2D eigenvalue weighted by atomic mass is 16.5. The van der Waals surface area contributed by atoms with E-state index in [-0.39, 0.29) is 18.1 Å². The minimum Gasteiger partial charge on any atom is -0.482 e. The molecule has 1 aromatic carbocycles. The summed E-state index contributed by atoms with van der Waals surface area (Å²) in [4.78, 5) is 4.39. The number of aliphatic hydroxyl groups is 1. The van der Waals surface area contributed by atoms with Gasteiger partial charge in [-0.25, -0.2) is 0 Å². The lowest BCUT2D eigenvalue weighted by Crippen LogP contribution is -2.34. The molecule has 0 spiro atoms. The normalized spacial score (nSPS) is 32.2. The van der Waals surface area contributed by atoms with Gasteiger partial charge >= 0.3 is 0 Å². The highest BCUT2D eigenvalue weighted by Gasteiger charge is 2.34. The van der Waals surface area contributed by atoms with Crippen LogP contribution >= 0.6 is 0 Å². The van der Waals surface area contributed by atoms with Crippen LogP contribution in [0.4, 0.5) is 5.69 Å². The predicted molar refractivity (Wildman–Crippen MR) is 62.4 cm³/mol. The molecule has 1 N–H and O–H groups in total. The van der Waals surface area contributed by atoms with E-state index >= 15 is 0 Å². The van der Waals surface area contributed by atoms with Crippen molar-refractivity contribution in [2.24, 2.45) is 10.9 Å². The van der Waals surface area contributed by atoms with Gasteiger partial charge in [-0.05, 0) is 25.0 Å². The van der Waals surface area contributed by atoms with E-state index in [1.807, 2.05) is 30.5 Å². The first-order chi connectivity index (χ1) is 7.84. The zero-order valence-corrected chi connectivity index (χ0v) is 9.04. The Bertz CT molecular complexity index is 416. The molecular formula is C13H15NO2. The van der Waals surface area contributed by atoms with E-state index in [4.69, 9.17) is 4.74 Å². The molecule has 1 aromatic rings. The molecule has 1 saturated carbocycles. The van der Waals surface area contributed by atoms with Crippen molar-refractivity contribution in [3.63, 3.8) is 0 Å². The fraction of sp³-hybridized carbons (Fsp3) is 0.462. The van der Waals surface area contributed by atoms with Gasteiger partial charge in [0.05, 0.1) is 6.10 Å². The molecule has 1 aliphatic carbocycles. The van der Waals surface area contributed by atoms with Crippen LogP contribution in [-0.2, 0) is 0 Å². The van der Waals surface area contributed by atoms with E-state index in [0.29, 0.717) is 0 Å². The number of hydrogen-bond donors (Lipinski definition) is 1. The van der Waals surface area contributed by atoms with Crippen LogP contribution in [-0.4, -0.2) is 23.5 Å². The third kappa shape index (κ3) is 1.61. The van der Waals surface area contributed by atoms with Crippen LogP contribution in [0.3, 0.4) is 0 Å². The van der Waals surface area contributed by atoms with Gasteiger partial charge in [0.1, 0.15) is 17.5 Å². The van der Waals surface area contributed by atoms with Crippen molar-refractivity contribution in [1.29, 1.82) is 0 Å². The smallest absolute Gasteiger partial charge is 0.145 e. The summed E-state index contributed by atoms with van der Waals surface area (Å²) in [7, 11) is 0. The molecular weight excluding hydrogens is 202 g/mol. The summed E-state index contributed by atoms with van der Waals surface area (Å²) in [5.41, 5.74) is 0.881. The zero-order valence-electron chi connectivity index (χ0n) is 9.04. The van der Waals surface area contributed by atoms with Crippen molar-refractivity contribution in [3.05, 3.63) is 24.3 Å². The van der Waals surface area contributed by atoms with Gasteiger partial charge in [-0.15, -0.1) is 0 Å². The van der Waals surface area contributed by atoms with Gasteiger partial charge < -0.3 is 9.84 Å². The van der Waals surface area contributed by atoms with Crippen molar-refractivity contribution < 1.29 is 9.84 Å². The number of nitrogens with zero attached hydrogens (tertiary/aromatic N) is 1. The molecule has 3 rings (SSSR count). The van der Waals surface area contributed by atoms with Crippen LogP contribution in [0.2, 0.25) is 0 Å². The Balaban J connectivity index is 1.83. The first-order valence-corrected chi connectivity index (χ1v) is 5.82. The van der Waals surface area contributed by atoms with Crippen LogP contribution in [0.1, 0.15) is 19.3 Å². The Morgan fingerprint density at radius 2 is 2.12 bits per heavy atom. The predicted octanol–water partition coefficient (Wildman–Crippen LogP) is 2.31. The Labute approximate surface area is 94.8 Å². The van der Waals surface area contributed by atoms with Crippen molar-refractivity contribution in [3.8, 4) is 5.75 Å². The molecule has 3 nitrogen and oxygen atoms in total. The van der Waals surface area contributed by atoms with Gasteiger partial charge in [0.25, 0.3) is 0 Å². The summed E-state index contributed by atoms with van der Waals surface area (Å²) in [6.45, 7) is 0. The number of para-hydroxylation sites is 2. The molecule has 0 radical (unpaired) electrons. The summed E-state index contributed by atoms with van der Waals surface area (Å²) in [5.74, 6) is 1.03. The van der Waals surface area contributed by atoms with Crippen molar-refractivity contribution in [2.75, 3.05) is 0 Å². The van der Waals surface area contributed by atoms with Crippen molar-refractivity contribution in [2.45, 2.75) is 31.5 Å². The maximum absolute atomic E-state index is 9.85. The first kappa shape index (κ1) is 9.85. The molecule has 0 saturated heterocycles. The average Bonchev–Trinajstić information content (AvgIpc) is 2.75. The fourth-order valence-corrected chi connectivity index (χ4v) is 2.54. The second-order valence-electron chi connectivity index (χ2n) is 4.49. The Morgan fingerprint density at radius 3 is 2.94 bits per heavy atom. The number of benzene rings is 1. The Kier molecular flexibility index (Phi) is 2.40. The van der Waals surface area contributed by atoms with E-state index < -0.39 is 0 Å². The fourth-order valence-electron chi connectivity index (χ4n) is 2.54. The van der Waals surface area contributed by atoms with Gasteiger partial charge in [-0.2, -0.15) is 0 Å². The van der Waals surface area contributed by atoms with E-state index in [9.17, 15) is 5.11 Å². The second-order valence-corrected chi connectivity index (χ2v) is 4.49. The third-order valence-electron chi connectivity index (χ3n) is 3.44. The third-order valence-corrected chi connectivity index (χ3v) is 3.44. The molecule has 84 valence electrons. The molecule has 2 aliphatic rings. The van der Waals surface area contributed by atoms with Crippen LogP contribution in [0, 0.1) is 5.92 Å². The molecule has 1 heterocycles. The monoisotopic (exact) mass is 217 g/mol. The summed E-state index contributed by atoms with van der Waals surface area (Å²) in [5, 5.41) is 9.85. The lowest BCUT2D eigenvalue weighted by Gasteiger charge is -2.27. The minimum atomic E-state index is -0.235. The highest BCUT2D eigenvalue weighted by Crippen LogP contribution is 2.36. The van der Waals surface area contributed by atoms with E-state index in [2.05, 4.69) is 4.99 Å². The molecule has 1 fully saturated rings. The standard InChI is InChI=1S/C13H15NO2/c15-11-6-3-4-9(11)13-8-14-10-5-1-2-7-12(10)16-13/h1-2,5,7-9,11,13,15H,3-4,6H2. The Morgan fingerprint density at radius 1 is 1.25 bits per heavy atom. The molecule has 16 heavy (non-hydrogen) atoms. The number of hydrogen-bond acceptors (Lipinski definition) is 3.